The molecule has 0 aromatic heterocycles. The van der Waals surface area contributed by atoms with E-state index in [2.05, 4.69) is 4.74 Å². The maximum atomic E-state index is 13.9. The normalized spacial score (nSPS) is 13.1. The summed E-state index contributed by atoms with van der Waals surface area (Å²) in [6, 6.07) is 12.0. The van der Waals surface area contributed by atoms with E-state index >= 15 is 0 Å². The van der Waals surface area contributed by atoms with Crippen LogP contribution < -0.4 is 10.6 Å². The molecule has 0 aliphatic heterocycles. The third kappa shape index (κ3) is 5.59. The van der Waals surface area contributed by atoms with E-state index in [-0.39, 0.29) is 18.9 Å². The number of hydrogen-bond donors (Lipinski definition) is 2. The van der Waals surface area contributed by atoms with Crippen LogP contribution in [0.2, 0.25) is 0 Å². The van der Waals surface area contributed by atoms with Crippen molar-refractivity contribution in [3.8, 4) is 0 Å². The third-order valence-corrected chi connectivity index (χ3v) is 3.69. The van der Waals surface area contributed by atoms with Crippen molar-refractivity contribution in [2.24, 2.45) is 0 Å². The number of rotatable bonds is 7. The number of halogens is 4. The largest absolute Gasteiger partial charge is 0.463 e. The molecule has 10 heteroatoms. The summed E-state index contributed by atoms with van der Waals surface area (Å²) < 4.78 is 64.2. The number of anilines is 1. The first-order valence-corrected chi connectivity index (χ1v) is 8.44. The number of esters is 1. The Bertz CT molecular complexity index is 828. The van der Waals surface area contributed by atoms with Gasteiger partial charge in [0.1, 0.15) is 12.4 Å². The number of alkyl carbamates (subject to hydrolysis) is 1. The summed E-state index contributed by atoms with van der Waals surface area (Å²) in [7, 11) is 0. The molecule has 0 heterocycles. The van der Waals surface area contributed by atoms with Gasteiger partial charge in [0, 0.05) is 5.69 Å². The van der Waals surface area contributed by atoms with Gasteiger partial charge in [0.05, 0.1) is 6.61 Å². The van der Waals surface area contributed by atoms with E-state index in [0.29, 0.717) is 5.56 Å². The summed E-state index contributed by atoms with van der Waals surface area (Å²) in [5.41, 5.74) is -3.39. The number of nitrogens with one attached hydrogen (secondary N) is 2. The summed E-state index contributed by atoms with van der Waals surface area (Å²) in [6.45, 7) is 0.618. The van der Waals surface area contributed by atoms with Gasteiger partial charge in [-0.05, 0) is 36.8 Å². The zero-order valence-electron chi connectivity index (χ0n) is 15.3. The number of carbonyl (C=O) groups excluding carboxylic acids is 2. The third-order valence-electron chi connectivity index (χ3n) is 3.69. The van der Waals surface area contributed by atoms with Crippen LogP contribution in [0.3, 0.4) is 0 Å². The summed E-state index contributed by atoms with van der Waals surface area (Å²) >= 11 is 0. The number of hydrogen-bond acceptors (Lipinski definition) is 5. The number of amides is 1. The molecule has 2 rings (SSSR count). The van der Waals surface area contributed by atoms with Gasteiger partial charge in [-0.1, -0.05) is 30.3 Å². The lowest BCUT2D eigenvalue weighted by molar-refractivity contribution is -0.205. The van der Waals surface area contributed by atoms with Gasteiger partial charge in [-0.15, -0.1) is 0 Å². The smallest absolute Gasteiger partial charge is 0.442 e. The first-order chi connectivity index (χ1) is 13.7. The molecule has 2 N–H and O–H groups in total. The highest BCUT2D eigenvalue weighted by atomic mass is 19.4. The molecular weight excluding hydrogens is 396 g/mol. The molecule has 0 unspecified atom stereocenters. The predicted molar refractivity (Wildman–Crippen MR) is 95.2 cm³/mol. The number of carbonyl (C=O) groups is 2. The van der Waals surface area contributed by atoms with Crippen molar-refractivity contribution in [1.29, 1.82) is 0 Å². The summed E-state index contributed by atoms with van der Waals surface area (Å²) in [6.07, 6.45) is -6.83. The van der Waals surface area contributed by atoms with E-state index in [1.807, 2.05) is 5.32 Å². The van der Waals surface area contributed by atoms with Gasteiger partial charge in [0.2, 0.25) is 0 Å². The highest BCUT2D eigenvalue weighted by Gasteiger charge is 2.64. The van der Waals surface area contributed by atoms with E-state index in [4.69, 9.17) is 4.74 Å². The van der Waals surface area contributed by atoms with E-state index < -0.39 is 29.7 Å². The van der Waals surface area contributed by atoms with E-state index in [1.54, 1.807) is 30.3 Å². The zero-order valence-corrected chi connectivity index (χ0v) is 15.3. The Balaban J connectivity index is 2.29. The van der Waals surface area contributed by atoms with Crippen LogP contribution in [0.1, 0.15) is 12.5 Å². The lowest BCUT2D eigenvalue weighted by Gasteiger charge is -2.34. The van der Waals surface area contributed by atoms with Crippen LogP contribution in [0.25, 0.3) is 0 Å². The van der Waals surface area contributed by atoms with Gasteiger partial charge in [0.25, 0.3) is 0 Å². The van der Waals surface area contributed by atoms with Crippen LogP contribution in [0.5, 0.6) is 0 Å². The molecule has 0 bridgehead atoms. The lowest BCUT2D eigenvalue weighted by atomic mass is 10.1. The van der Waals surface area contributed by atoms with E-state index in [9.17, 15) is 27.2 Å². The number of alkyl halides is 3. The van der Waals surface area contributed by atoms with Gasteiger partial charge in [-0.25, -0.2) is 14.0 Å². The number of benzene rings is 2. The second kappa shape index (κ2) is 9.26. The molecule has 1 amide bonds. The zero-order chi connectivity index (χ0) is 21.5. The molecule has 6 nitrogen and oxygen atoms in total. The van der Waals surface area contributed by atoms with Crippen LogP contribution >= 0.6 is 0 Å². The molecule has 0 fully saturated rings. The summed E-state index contributed by atoms with van der Waals surface area (Å²) in [5.74, 6) is -2.49. The molecular formula is C19H18F4N2O4. The fourth-order valence-electron chi connectivity index (χ4n) is 2.29. The van der Waals surface area contributed by atoms with Gasteiger partial charge in [0.15, 0.2) is 0 Å². The Kier molecular flexibility index (Phi) is 7.03. The van der Waals surface area contributed by atoms with Crippen molar-refractivity contribution in [3.05, 3.63) is 66.0 Å². The monoisotopic (exact) mass is 414 g/mol. The highest BCUT2D eigenvalue weighted by Crippen LogP contribution is 2.33. The summed E-state index contributed by atoms with van der Waals surface area (Å²) in [4.78, 5) is 24.3. The SMILES string of the molecule is CCOC(=O)[C@@](NC(=O)OCc1ccccc1)(Nc1ccc(F)cc1)C(F)(F)F. The molecule has 0 radical (unpaired) electrons. The fourth-order valence-corrected chi connectivity index (χ4v) is 2.29. The second-order valence-electron chi connectivity index (χ2n) is 5.79. The van der Waals surface area contributed by atoms with Crippen molar-refractivity contribution < 1.29 is 36.6 Å². The first-order valence-electron chi connectivity index (χ1n) is 8.44. The van der Waals surface area contributed by atoms with Crippen molar-refractivity contribution >= 4 is 17.7 Å². The van der Waals surface area contributed by atoms with Crippen LogP contribution in [-0.4, -0.2) is 30.5 Å². The van der Waals surface area contributed by atoms with Gasteiger partial charge in [-0.2, -0.15) is 13.2 Å². The molecule has 29 heavy (non-hydrogen) atoms. The Labute approximate surface area is 163 Å². The van der Waals surface area contributed by atoms with Crippen molar-refractivity contribution in [1.82, 2.24) is 5.32 Å². The predicted octanol–water partition coefficient (Wildman–Crippen LogP) is 3.99. The molecule has 0 aliphatic carbocycles. The van der Waals surface area contributed by atoms with Gasteiger partial charge >= 0.3 is 23.9 Å². The topological polar surface area (TPSA) is 76.7 Å². The molecule has 0 spiro atoms. The molecule has 2 aromatic carbocycles. The Morgan fingerprint density at radius 2 is 1.59 bits per heavy atom. The quantitative estimate of drug-likeness (QED) is 0.407. The molecule has 0 aliphatic rings. The van der Waals surface area contributed by atoms with Crippen molar-refractivity contribution in [3.63, 3.8) is 0 Å². The van der Waals surface area contributed by atoms with Gasteiger partial charge < -0.3 is 14.8 Å². The maximum Gasteiger partial charge on any atom is 0.442 e. The van der Waals surface area contributed by atoms with E-state index in [0.717, 1.165) is 24.3 Å². The Morgan fingerprint density at radius 1 is 0.966 bits per heavy atom. The molecule has 0 saturated heterocycles. The number of ether oxygens (including phenoxy) is 2. The standard InChI is InChI=1S/C19H18F4N2O4/c1-2-28-16(26)18(19(21,22)23,24-15-10-8-14(20)9-11-15)25-17(27)29-12-13-6-4-3-5-7-13/h3-11,24H,2,12H2,1H3,(H,25,27)/t18-/m0/s1. The second-order valence-corrected chi connectivity index (χ2v) is 5.79. The van der Waals surface area contributed by atoms with E-state index in [1.165, 1.54) is 12.2 Å². The lowest BCUT2D eigenvalue weighted by Crippen LogP contribution is -2.69. The minimum absolute atomic E-state index is 0.278. The average Bonchev–Trinajstić information content (AvgIpc) is 2.67. The van der Waals surface area contributed by atoms with Crippen molar-refractivity contribution in [2.75, 3.05) is 11.9 Å². The molecule has 1 atom stereocenters. The Morgan fingerprint density at radius 3 is 2.14 bits per heavy atom. The summed E-state index contributed by atoms with van der Waals surface area (Å²) in [5, 5.41) is 3.42. The maximum absolute atomic E-state index is 13.9. The Hall–Kier alpha value is -3.30. The van der Waals surface area contributed by atoms with Gasteiger partial charge in [-0.3, -0.25) is 5.32 Å². The minimum atomic E-state index is -5.32. The molecule has 2 aromatic rings. The van der Waals surface area contributed by atoms with Crippen LogP contribution in [0, 0.1) is 5.82 Å². The van der Waals surface area contributed by atoms with Crippen LogP contribution in [0.15, 0.2) is 54.6 Å². The molecule has 0 saturated carbocycles. The van der Waals surface area contributed by atoms with Crippen molar-refractivity contribution in [2.45, 2.75) is 25.4 Å². The van der Waals surface area contributed by atoms with Crippen LogP contribution in [0.4, 0.5) is 28.0 Å². The fraction of sp³-hybridized carbons (Fsp3) is 0.263. The highest BCUT2D eigenvalue weighted by molar-refractivity contribution is 5.89. The minimum Gasteiger partial charge on any atom is -0.463 e. The molecule has 156 valence electrons. The first kappa shape index (κ1) is 22.0. The van der Waals surface area contributed by atoms with Crippen LogP contribution in [-0.2, 0) is 20.9 Å². The average molecular weight is 414 g/mol.